The van der Waals surface area contributed by atoms with Gasteiger partial charge in [-0.15, -0.1) is 11.6 Å². The van der Waals surface area contributed by atoms with Crippen LogP contribution in [0.2, 0.25) is 5.02 Å². The molecule has 1 unspecified atom stereocenters. The zero-order chi connectivity index (χ0) is 22.8. The number of amides is 1. The maximum absolute atomic E-state index is 13.4. The Kier molecular flexibility index (Phi) is 10.2. The molecule has 0 saturated heterocycles. The number of unbranched alkanes of at least 4 members (excludes halogenated alkanes) is 3. The van der Waals surface area contributed by atoms with Crippen molar-refractivity contribution in [3.8, 4) is 11.5 Å². The summed E-state index contributed by atoms with van der Waals surface area (Å²) in [5.41, 5.74) is 1.18. The highest BCUT2D eigenvalue weighted by Gasteiger charge is 2.32. The van der Waals surface area contributed by atoms with Gasteiger partial charge in [-0.1, -0.05) is 49.9 Å². The molecular weight excluding hydrogens is 437 g/mol. The molecule has 0 saturated carbocycles. The van der Waals surface area contributed by atoms with Crippen LogP contribution in [-0.4, -0.2) is 31.8 Å². The number of benzene rings is 2. The lowest BCUT2D eigenvalue weighted by Crippen LogP contribution is -2.40. The van der Waals surface area contributed by atoms with Crippen LogP contribution in [0.15, 0.2) is 42.5 Å². The lowest BCUT2D eigenvalue weighted by Gasteiger charge is -2.31. The maximum atomic E-state index is 13.4. The Labute approximate surface area is 194 Å². The summed E-state index contributed by atoms with van der Waals surface area (Å²) >= 11 is 12.0. The Balaban J connectivity index is 2.52. The number of methoxy groups -OCH3 is 2. The molecule has 1 atom stereocenters. The first-order valence-electron chi connectivity index (χ1n) is 10.3. The zero-order valence-corrected chi connectivity index (χ0v) is 19.7. The molecule has 5 nitrogen and oxygen atoms in total. The Hall–Kier alpha value is -2.24. The minimum atomic E-state index is -0.816. The molecule has 0 spiro atoms. The largest absolute Gasteiger partial charge is 0.493 e. The van der Waals surface area contributed by atoms with E-state index in [4.69, 9.17) is 32.7 Å². The zero-order valence-electron chi connectivity index (χ0n) is 18.2. The second kappa shape index (κ2) is 12.6. The van der Waals surface area contributed by atoms with Gasteiger partial charge in [0.05, 0.1) is 14.2 Å². The summed E-state index contributed by atoms with van der Waals surface area (Å²) in [5.74, 6) is 0.292. The van der Waals surface area contributed by atoms with Crippen molar-refractivity contribution in [2.24, 2.45) is 0 Å². The van der Waals surface area contributed by atoms with Gasteiger partial charge in [-0.3, -0.25) is 14.5 Å². The fourth-order valence-electron chi connectivity index (χ4n) is 3.46. The van der Waals surface area contributed by atoms with E-state index in [0.29, 0.717) is 34.2 Å². The van der Waals surface area contributed by atoms with Gasteiger partial charge in [0.25, 0.3) is 0 Å². The fraction of sp³-hybridized carbons (Fsp3) is 0.417. The first-order chi connectivity index (χ1) is 15.0. The molecule has 0 aliphatic carbocycles. The third-order valence-corrected chi connectivity index (χ3v) is 5.53. The summed E-state index contributed by atoms with van der Waals surface area (Å²) in [6.45, 7) is 2.12. The molecule has 0 aromatic heterocycles. The number of ketones is 1. The molecule has 1 amide bonds. The number of Topliss-reactive ketones (excluding diaryl/α,β-unsaturated/α-hetero) is 1. The van der Waals surface area contributed by atoms with Crippen LogP contribution < -0.4 is 14.4 Å². The number of carbonyl (C=O) groups excluding carboxylic acids is 2. The number of hydrogen-bond acceptors (Lipinski definition) is 4. The topological polar surface area (TPSA) is 55.8 Å². The van der Waals surface area contributed by atoms with Crippen LogP contribution in [0.25, 0.3) is 0 Å². The number of carbonyl (C=O) groups is 2. The van der Waals surface area contributed by atoms with Gasteiger partial charge in [0.2, 0.25) is 5.91 Å². The van der Waals surface area contributed by atoms with Crippen molar-refractivity contribution < 1.29 is 19.1 Å². The van der Waals surface area contributed by atoms with Gasteiger partial charge in [0, 0.05) is 23.2 Å². The third kappa shape index (κ3) is 6.62. The minimum Gasteiger partial charge on any atom is -0.493 e. The van der Waals surface area contributed by atoms with Crippen LogP contribution in [0.3, 0.4) is 0 Å². The molecule has 2 rings (SSSR count). The van der Waals surface area contributed by atoms with Gasteiger partial charge in [-0.2, -0.15) is 0 Å². The molecule has 2 aromatic rings. The van der Waals surface area contributed by atoms with Crippen LogP contribution in [0.1, 0.15) is 50.6 Å². The fourth-order valence-corrected chi connectivity index (χ4v) is 3.72. The predicted molar refractivity (Wildman–Crippen MR) is 126 cm³/mol. The van der Waals surface area contributed by atoms with Crippen molar-refractivity contribution in [1.29, 1.82) is 0 Å². The maximum Gasteiger partial charge on any atom is 0.242 e. The highest BCUT2D eigenvalue weighted by atomic mass is 35.5. The highest BCUT2D eigenvalue weighted by molar-refractivity contribution is 6.30. The summed E-state index contributed by atoms with van der Waals surface area (Å²) in [6, 6.07) is 11.3. The first kappa shape index (κ1) is 25.0. The lowest BCUT2D eigenvalue weighted by molar-refractivity contribution is -0.124. The first-order valence-corrected chi connectivity index (χ1v) is 11.3. The number of hydrogen-bond donors (Lipinski definition) is 0. The molecule has 31 heavy (non-hydrogen) atoms. The number of alkyl halides is 1. The van der Waals surface area contributed by atoms with Gasteiger partial charge in [-0.05, 0) is 36.2 Å². The summed E-state index contributed by atoms with van der Waals surface area (Å²) in [5, 5.41) is 0.555. The van der Waals surface area contributed by atoms with Gasteiger partial charge in [0.15, 0.2) is 17.3 Å². The second-order valence-corrected chi connectivity index (χ2v) is 7.87. The van der Waals surface area contributed by atoms with Crippen molar-refractivity contribution in [3.05, 3.63) is 53.1 Å². The van der Waals surface area contributed by atoms with Crippen molar-refractivity contribution in [2.45, 2.75) is 45.1 Å². The molecule has 168 valence electrons. The summed E-state index contributed by atoms with van der Waals surface area (Å²) in [4.78, 5) is 27.8. The predicted octanol–water partition coefficient (Wildman–Crippen LogP) is 6.21. The molecule has 2 aromatic carbocycles. The van der Waals surface area contributed by atoms with Gasteiger partial charge in [-0.25, -0.2) is 0 Å². The van der Waals surface area contributed by atoms with Crippen molar-refractivity contribution in [2.75, 3.05) is 25.0 Å². The minimum absolute atomic E-state index is 0.0494. The smallest absolute Gasteiger partial charge is 0.242 e. The summed E-state index contributed by atoms with van der Waals surface area (Å²) in [6.07, 6.45) is 4.25. The molecule has 0 aliphatic heterocycles. The van der Waals surface area contributed by atoms with Gasteiger partial charge < -0.3 is 9.47 Å². The van der Waals surface area contributed by atoms with Crippen molar-refractivity contribution in [1.82, 2.24) is 0 Å². The highest BCUT2D eigenvalue weighted by Crippen LogP contribution is 2.36. The van der Waals surface area contributed by atoms with E-state index < -0.39 is 6.04 Å². The molecule has 0 fully saturated rings. The van der Waals surface area contributed by atoms with Crippen LogP contribution >= 0.6 is 23.2 Å². The summed E-state index contributed by atoms with van der Waals surface area (Å²) in [7, 11) is 3.06. The number of ether oxygens (including phenoxy) is 2. The van der Waals surface area contributed by atoms with Gasteiger partial charge >= 0.3 is 0 Å². The average Bonchev–Trinajstić information content (AvgIpc) is 2.80. The van der Waals surface area contributed by atoms with E-state index in [0.717, 1.165) is 25.7 Å². The number of nitrogens with zero attached hydrogens (tertiary/aromatic N) is 1. The van der Waals surface area contributed by atoms with Crippen molar-refractivity contribution in [3.63, 3.8) is 0 Å². The Morgan fingerprint density at radius 2 is 1.65 bits per heavy atom. The number of halogens is 2. The van der Waals surface area contributed by atoms with E-state index >= 15 is 0 Å². The average molecular weight is 466 g/mol. The molecular formula is C24H29Cl2NO4. The van der Waals surface area contributed by atoms with Crippen LogP contribution in [0, 0.1) is 0 Å². The van der Waals surface area contributed by atoms with Gasteiger partial charge in [0.1, 0.15) is 11.9 Å². The van der Waals surface area contributed by atoms with E-state index in [1.54, 1.807) is 42.5 Å². The molecule has 0 N–H and O–H groups in total. The third-order valence-electron chi connectivity index (χ3n) is 5.05. The number of rotatable bonds is 12. The van der Waals surface area contributed by atoms with E-state index in [1.165, 1.54) is 19.1 Å². The van der Waals surface area contributed by atoms with E-state index in [1.807, 2.05) is 0 Å². The van der Waals surface area contributed by atoms with E-state index in [2.05, 4.69) is 6.92 Å². The molecule has 0 aliphatic rings. The summed E-state index contributed by atoms with van der Waals surface area (Å²) < 4.78 is 10.7. The quantitative estimate of drug-likeness (QED) is 0.276. The lowest BCUT2D eigenvalue weighted by atomic mass is 9.96. The van der Waals surface area contributed by atoms with Crippen LogP contribution in [-0.2, 0) is 9.59 Å². The van der Waals surface area contributed by atoms with Crippen molar-refractivity contribution >= 4 is 40.6 Å². The van der Waals surface area contributed by atoms with E-state index in [-0.39, 0.29) is 17.6 Å². The SMILES string of the molecule is CCCCCCC(=O)C(c1ccc(Cl)cc1)N(C(=O)CCl)c1ccc(OC)c(OC)c1. The molecule has 0 bridgehead atoms. The van der Waals surface area contributed by atoms with Crippen LogP contribution in [0.4, 0.5) is 5.69 Å². The monoisotopic (exact) mass is 465 g/mol. The van der Waals surface area contributed by atoms with Crippen LogP contribution in [0.5, 0.6) is 11.5 Å². The molecule has 0 heterocycles. The Bertz CT molecular complexity index is 870. The number of anilines is 1. The Morgan fingerprint density at radius 3 is 2.23 bits per heavy atom. The normalized spacial score (nSPS) is 11.6. The molecule has 7 heteroatoms. The molecule has 0 radical (unpaired) electrons. The van der Waals surface area contributed by atoms with E-state index in [9.17, 15) is 9.59 Å². The second-order valence-electron chi connectivity index (χ2n) is 7.17. The standard InChI is InChI=1S/C24H29Cl2NO4/c1-4-5-6-7-8-20(28)24(17-9-11-18(26)12-10-17)27(23(29)16-25)19-13-14-21(30-2)22(15-19)31-3/h9-15,24H,4-8,16H2,1-3H3. The Morgan fingerprint density at radius 1 is 0.968 bits per heavy atom.